The first-order valence-electron chi connectivity index (χ1n) is 3.60. The van der Waals surface area contributed by atoms with Gasteiger partial charge < -0.3 is 10.1 Å². The van der Waals surface area contributed by atoms with Gasteiger partial charge in [-0.1, -0.05) is 0 Å². The highest BCUT2D eigenvalue weighted by Crippen LogP contribution is 2.05. The minimum Gasteiger partial charge on any atom is -0.358 e. The molecule has 0 unspecified atom stereocenters. The second-order valence-corrected chi connectivity index (χ2v) is 1.38. The lowest BCUT2D eigenvalue weighted by Crippen LogP contribution is -1.94. The van der Waals surface area contributed by atoms with Crippen molar-refractivity contribution in [3.63, 3.8) is 0 Å². The number of hydrogen-bond donors (Lipinski definition) is 0. The van der Waals surface area contributed by atoms with Crippen molar-refractivity contribution in [3.8, 4) is 0 Å². The second kappa shape index (κ2) is 1.85. The summed E-state index contributed by atoms with van der Waals surface area (Å²) in [6.45, 7) is -2.54. The lowest BCUT2D eigenvalue weighted by Gasteiger charge is -1.89. The molecule has 1 aromatic heterocycles. The Labute approximate surface area is 55.3 Å². The summed E-state index contributed by atoms with van der Waals surface area (Å²) < 4.78 is 21.2. The highest BCUT2D eigenvalue weighted by Gasteiger charge is 2.06. The number of nitrogens with zero attached hydrogens (tertiary/aromatic N) is 3. The molecule has 0 saturated heterocycles. The molecule has 0 bridgehead atoms. The molecule has 0 atom stereocenters. The molecule has 5 nitrogen and oxygen atoms in total. The molecule has 0 aliphatic rings. The summed E-state index contributed by atoms with van der Waals surface area (Å²) in [5.41, 5.74) is 0. The van der Waals surface area contributed by atoms with E-state index in [9.17, 15) is 10.1 Å². The largest absolute Gasteiger partial charge is 0.358 e. The van der Waals surface area contributed by atoms with Gasteiger partial charge in [-0.05, 0) is 4.92 Å². The number of imidazole rings is 1. The molecule has 0 aliphatic carbocycles. The summed E-state index contributed by atoms with van der Waals surface area (Å²) >= 11 is 0. The summed E-state index contributed by atoms with van der Waals surface area (Å²) in [4.78, 5) is 12.8. The summed E-state index contributed by atoms with van der Waals surface area (Å²) in [5.74, 6) is -0.532. The molecular weight excluding hydrogens is 122 g/mol. The fraction of sp³-hybridized carbons (Fsp3) is 0.250. The Bertz CT molecular complexity index is 305. The van der Waals surface area contributed by atoms with E-state index in [4.69, 9.17) is 4.11 Å². The number of rotatable bonds is 1. The van der Waals surface area contributed by atoms with Gasteiger partial charge in [0.05, 0.1) is 11.1 Å². The van der Waals surface area contributed by atoms with Crippen molar-refractivity contribution in [2.75, 3.05) is 0 Å². The van der Waals surface area contributed by atoms with E-state index in [2.05, 4.69) is 4.98 Å². The number of aromatic nitrogens is 2. The van der Waals surface area contributed by atoms with Crippen molar-refractivity contribution in [2.45, 2.75) is 0 Å². The van der Waals surface area contributed by atoms with Gasteiger partial charge in [-0.3, -0.25) is 0 Å². The van der Waals surface area contributed by atoms with Crippen molar-refractivity contribution in [1.82, 2.24) is 9.55 Å². The van der Waals surface area contributed by atoms with Crippen LogP contribution in [-0.2, 0) is 6.98 Å². The lowest BCUT2D eigenvalue weighted by atomic mass is 10.8. The van der Waals surface area contributed by atoms with Gasteiger partial charge in [0.15, 0.2) is 6.33 Å². The van der Waals surface area contributed by atoms with Gasteiger partial charge in [0.25, 0.3) is 0 Å². The van der Waals surface area contributed by atoms with Crippen molar-refractivity contribution >= 4 is 5.82 Å². The molecule has 0 fully saturated rings. The van der Waals surface area contributed by atoms with Crippen LogP contribution in [-0.4, -0.2) is 14.5 Å². The maximum absolute atomic E-state index is 10.2. The third-order valence-corrected chi connectivity index (χ3v) is 0.806. The highest BCUT2D eigenvalue weighted by atomic mass is 16.6. The summed E-state index contributed by atoms with van der Waals surface area (Å²) in [5, 5.41) is 10.2. The molecule has 0 saturated carbocycles. The summed E-state index contributed by atoms with van der Waals surface area (Å²) in [6.07, 6.45) is 1.80. The maximum Gasteiger partial charge on any atom is 0.342 e. The summed E-state index contributed by atoms with van der Waals surface area (Å²) in [6, 6.07) is 0. The first-order valence-corrected chi connectivity index (χ1v) is 2.10. The molecule has 48 valence electrons. The molecule has 0 radical (unpaired) electrons. The quantitative estimate of drug-likeness (QED) is 0.406. The standard InChI is InChI=1S/C4H5N3O2/c1-6-3-5-2-4(6)7(8)9/h2-3H,1H3/i1D3. The van der Waals surface area contributed by atoms with Crippen LogP contribution in [0.25, 0.3) is 0 Å². The van der Waals surface area contributed by atoms with Crippen LogP contribution in [0.4, 0.5) is 5.82 Å². The van der Waals surface area contributed by atoms with Crippen LogP contribution in [0, 0.1) is 10.1 Å². The van der Waals surface area contributed by atoms with Gasteiger partial charge in [-0.25, -0.2) is 9.55 Å². The SMILES string of the molecule is [2H]C([2H])([2H])n1cncc1[N+](=O)[O-]. The fourth-order valence-electron chi connectivity index (χ4n) is 0.423. The van der Waals surface area contributed by atoms with E-state index in [-0.39, 0.29) is 0 Å². The van der Waals surface area contributed by atoms with E-state index in [1.807, 2.05) is 0 Å². The molecule has 1 rings (SSSR count). The second-order valence-electron chi connectivity index (χ2n) is 1.38. The van der Waals surface area contributed by atoms with Gasteiger partial charge in [0, 0.05) is 0 Å². The van der Waals surface area contributed by atoms with Gasteiger partial charge >= 0.3 is 5.82 Å². The van der Waals surface area contributed by atoms with E-state index in [0.29, 0.717) is 4.57 Å². The molecule has 5 heteroatoms. The monoisotopic (exact) mass is 130 g/mol. The zero-order valence-electron chi connectivity index (χ0n) is 7.31. The molecule has 9 heavy (non-hydrogen) atoms. The molecule has 0 aromatic carbocycles. The molecule has 1 aromatic rings. The van der Waals surface area contributed by atoms with Crippen molar-refractivity contribution in [2.24, 2.45) is 6.98 Å². The van der Waals surface area contributed by atoms with E-state index < -0.39 is 17.7 Å². The summed E-state index contributed by atoms with van der Waals surface area (Å²) in [7, 11) is 0. The Morgan fingerprint density at radius 2 is 2.89 bits per heavy atom. The minimum absolute atomic E-state index is 0.532. The zero-order valence-corrected chi connectivity index (χ0v) is 4.31. The molecule has 0 amide bonds. The topological polar surface area (TPSA) is 61.0 Å². The Hall–Kier alpha value is -1.39. The smallest absolute Gasteiger partial charge is 0.342 e. The normalized spacial score (nSPS) is 15.8. The highest BCUT2D eigenvalue weighted by molar-refractivity contribution is 5.13. The zero-order chi connectivity index (χ0) is 9.35. The van der Waals surface area contributed by atoms with Crippen molar-refractivity contribution in [1.29, 1.82) is 0 Å². The minimum atomic E-state index is -2.54. The number of nitro groups is 1. The molecular formula is C4H5N3O2. The Morgan fingerprint density at radius 3 is 3.33 bits per heavy atom. The van der Waals surface area contributed by atoms with Crippen molar-refractivity contribution < 1.29 is 9.04 Å². The molecule has 0 aliphatic heterocycles. The van der Waals surface area contributed by atoms with E-state index in [0.717, 1.165) is 12.5 Å². The molecule has 1 heterocycles. The van der Waals surface area contributed by atoms with E-state index >= 15 is 0 Å². The van der Waals surface area contributed by atoms with E-state index in [1.54, 1.807) is 0 Å². The van der Waals surface area contributed by atoms with Crippen molar-refractivity contribution in [3.05, 3.63) is 22.6 Å². The van der Waals surface area contributed by atoms with Crippen LogP contribution in [0.2, 0.25) is 0 Å². The lowest BCUT2D eigenvalue weighted by molar-refractivity contribution is -0.391. The maximum atomic E-state index is 10.2. The van der Waals surface area contributed by atoms with Gasteiger partial charge in [-0.15, -0.1) is 0 Å². The van der Waals surface area contributed by atoms with Crippen LogP contribution >= 0.6 is 0 Å². The van der Waals surface area contributed by atoms with Crippen LogP contribution in [0.15, 0.2) is 12.5 Å². The van der Waals surface area contributed by atoms with Crippen LogP contribution < -0.4 is 0 Å². The first kappa shape index (κ1) is 2.95. The number of hydrogen-bond acceptors (Lipinski definition) is 3. The first-order chi connectivity index (χ1) is 5.43. The molecule has 0 spiro atoms. The van der Waals surface area contributed by atoms with Crippen LogP contribution in [0.3, 0.4) is 0 Å². The number of aryl methyl sites for hydroxylation is 1. The van der Waals surface area contributed by atoms with E-state index in [1.165, 1.54) is 0 Å². The third-order valence-electron chi connectivity index (χ3n) is 0.806. The average Bonchev–Trinajstić information content (AvgIpc) is 2.30. The van der Waals surface area contributed by atoms with Crippen LogP contribution in [0.5, 0.6) is 0 Å². The van der Waals surface area contributed by atoms with Gasteiger partial charge in [-0.2, -0.15) is 0 Å². The Kier molecular flexibility index (Phi) is 0.606. The van der Waals surface area contributed by atoms with Crippen LogP contribution in [0.1, 0.15) is 4.11 Å². The predicted molar refractivity (Wildman–Crippen MR) is 29.9 cm³/mol. The third kappa shape index (κ3) is 0.883. The predicted octanol–water partition coefficient (Wildman–Crippen LogP) is 0.328. The Morgan fingerprint density at radius 1 is 2.11 bits per heavy atom. The fourth-order valence-corrected chi connectivity index (χ4v) is 0.423. The Balaban J connectivity index is 3.17. The van der Waals surface area contributed by atoms with Gasteiger partial charge in [0.2, 0.25) is 0 Å². The van der Waals surface area contributed by atoms with Gasteiger partial charge in [0.1, 0.15) is 6.20 Å². The molecule has 0 N–H and O–H groups in total. The average molecular weight is 130 g/mol.